The van der Waals surface area contributed by atoms with E-state index in [0.29, 0.717) is 34.7 Å². The minimum absolute atomic E-state index is 0.112. The van der Waals surface area contributed by atoms with Crippen LogP contribution in [0, 0.1) is 0 Å². The predicted octanol–water partition coefficient (Wildman–Crippen LogP) is 2.30. The number of aromatic nitrogens is 7. The maximum atomic E-state index is 13.3. The lowest BCUT2D eigenvalue weighted by Crippen LogP contribution is -2.30. The Hall–Kier alpha value is -4.21. The molecule has 1 atom stereocenters. The van der Waals surface area contributed by atoms with Crippen molar-refractivity contribution in [3.05, 3.63) is 71.2 Å². The van der Waals surface area contributed by atoms with E-state index in [1.807, 2.05) is 37.3 Å². The molecular formula is C20H19N9O. The lowest BCUT2D eigenvalue weighted by molar-refractivity contribution is 0.622. The fourth-order valence-corrected chi connectivity index (χ4v) is 3.52. The number of para-hydroxylation sites is 1. The number of hydrogen-bond acceptors (Lipinski definition) is 7. The number of nitrogens with one attached hydrogen (secondary N) is 2. The number of aromatic amines is 1. The van der Waals surface area contributed by atoms with Crippen molar-refractivity contribution in [2.24, 2.45) is 0 Å². The van der Waals surface area contributed by atoms with Crippen LogP contribution in [0.4, 0.5) is 11.8 Å². The molecule has 0 aliphatic carbocycles. The molecule has 1 aromatic carbocycles. The smallest absolute Gasteiger partial charge is 0.282 e. The van der Waals surface area contributed by atoms with Crippen LogP contribution in [0.1, 0.15) is 25.2 Å². The number of H-pyrrole nitrogens is 1. The lowest BCUT2D eigenvalue weighted by Gasteiger charge is -2.21. The average Bonchev–Trinajstić information content (AvgIpc) is 3.41. The summed E-state index contributed by atoms with van der Waals surface area (Å²) in [7, 11) is 0. The molecule has 0 unspecified atom stereocenters. The molecule has 0 amide bonds. The van der Waals surface area contributed by atoms with Crippen LogP contribution < -0.4 is 16.6 Å². The fourth-order valence-electron chi connectivity index (χ4n) is 3.52. The van der Waals surface area contributed by atoms with Crippen LogP contribution in [0.15, 0.2) is 59.8 Å². The van der Waals surface area contributed by atoms with E-state index in [1.54, 1.807) is 27.4 Å². The van der Waals surface area contributed by atoms with Crippen LogP contribution in [0.3, 0.4) is 0 Å². The second-order valence-corrected chi connectivity index (χ2v) is 6.81. The maximum absolute atomic E-state index is 13.3. The Morgan fingerprint density at radius 3 is 2.80 bits per heavy atom. The van der Waals surface area contributed by atoms with Crippen molar-refractivity contribution in [2.75, 3.05) is 11.1 Å². The lowest BCUT2D eigenvalue weighted by atomic mass is 10.2. The van der Waals surface area contributed by atoms with Gasteiger partial charge in [-0.2, -0.15) is 15.1 Å². The summed E-state index contributed by atoms with van der Waals surface area (Å²) in [6.45, 7) is 2.01. The van der Waals surface area contributed by atoms with E-state index in [1.165, 1.54) is 6.33 Å². The SMILES string of the molecule is CC[C@H](Nc1nc(N)nc2nc[nH]c12)c1nn2cccc2c(=O)n1-c1ccccc1. The van der Waals surface area contributed by atoms with Crippen LogP contribution in [0.5, 0.6) is 0 Å². The molecule has 0 saturated carbocycles. The number of nitrogens with zero attached hydrogens (tertiary/aromatic N) is 6. The van der Waals surface area contributed by atoms with Gasteiger partial charge in [-0.3, -0.25) is 9.36 Å². The molecule has 0 saturated heterocycles. The first-order valence-electron chi connectivity index (χ1n) is 9.54. The first-order chi connectivity index (χ1) is 14.7. The van der Waals surface area contributed by atoms with Crippen molar-refractivity contribution >= 4 is 28.4 Å². The summed E-state index contributed by atoms with van der Waals surface area (Å²) in [6, 6.07) is 12.7. The number of hydrogen-bond donors (Lipinski definition) is 3. The molecular weight excluding hydrogens is 382 g/mol. The predicted molar refractivity (Wildman–Crippen MR) is 114 cm³/mol. The molecule has 5 rings (SSSR count). The second-order valence-electron chi connectivity index (χ2n) is 6.81. The molecule has 30 heavy (non-hydrogen) atoms. The molecule has 5 aromatic rings. The normalized spacial score (nSPS) is 12.4. The van der Waals surface area contributed by atoms with Gasteiger partial charge >= 0.3 is 0 Å². The summed E-state index contributed by atoms with van der Waals surface area (Å²) < 4.78 is 3.23. The van der Waals surface area contributed by atoms with Gasteiger partial charge in [0.1, 0.15) is 11.0 Å². The van der Waals surface area contributed by atoms with E-state index in [9.17, 15) is 4.79 Å². The highest BCUT2D eigenvalue weighted by molar-refractivity contribution is 5.83. The number of imidazole rings is 1. The Morgan fingerprint density at radius 1 is 1.17 bits per heavy atom. The first kappa shape index (κ1) is 17.9. The molecule has 10 heteroatoms. The molecule has 150 valence electrons. The summed E-state index contributed by atoms with van der Waals surface area (Å²) in [6.07, 6.45) is 3.94. The van der Waals surface area contributed by atoms with E-state index in [4.69, 9.17) is 10.8 Å². The van der Waals surface area contributed by atoms with Gasteiger partial charge in [0.05, 0.1) is 18.1 Å². The van der Waals surface area contributed by atoms with Gasteiger partial charge in [-0.25, -0.2) is 9.50 Å². The molecule has 4 aromatic heterocycles. The van der Waals surface area contributed by atoms with Crippen LogP contribution in [0.25, 0.3) is 22.4 Å². The van der Waals surface area contributed by atoms with Gasteiger partial charge in [0.25, 0.3) is 5.56 Å². The minimum atomic E-state index is -0.328. The zero-order chi connectivity index (χ0) is 20.7. The Morgan fingerprint density at radius 2 is 2.00 bits per heavy atom. The molecule has 10 nitrogen and oxygen atoms in total. The van der Waals surface area contributed by atoms with Crippen LogP contribution in [0.2, 0.25) is 0 Å². The molecule has 4 heterocycles. The van der Waals surface area contributed by atoms with Crippen molar-refractivity contribution in [1.82, 2.24) is 34.1 Å². The maximum Gasteiger partial charge on any atom is 0.282 e. The van der Waals surface area contributed by atoms with Crippen LogP contribution >= 0.6 is 0 Å². The van der Waals surface area contributed by atoms with E-state index in [-0.39, 0.29) is 17.5 Å². The molecule has 0 radical (unpaired) electrons. The van der Waals surface area contributed by atoms with Gasteiger partial charge < -0.3 is 16.0 Å². The highest BCUT2D eigenvalue weighted by Gasteiger charge is 2.22. The Bertz CT molecular complexity index is 1400. The van der Waals surface area contributed by atoms with Gasteiger partial charge in [-0.05, 0) is 30.7 Å². The van der Waals surface area contributed by atoms with E-state index in [0.717, 1.165) is 5.69 Å². The van der Waals surface area contributed by atoms with Gasteiger partial charge in [0.15, 0.2) is 17.3 Å². The van der Waals surface area contributed by atoms with Crippen LogP contribution in [-0.4, -0.2) is 34.1 Å². The Labute approximate surface area is 170 Å². The zero-order valence-electron chi connectivity index (χ0n) is 16.1. The van der Waals surface area contributed by atoms with Crippen molar-refractivity contribution in [3.63, 3.8) is 0 Å². The van der Waals surface area contributed by atoms with Crippen molar-refractivity contribution in [1.29, 1.82) is 0 Å². The third kappa shape index (κ3) is 2.85. The number of nitrogen functional groups attached to an aromatic ring is 1. The zero-order valence-corrected chi connectivity index (χ0v) is 16.1. The minimum Gasteiger partial charge on any atom is -0.368 e. The number of nitrogens with two attached hydrogens (primary N) is 1. The summed E-state index contributed by atoms with van der Waals surface area (Å²) in [5.41, 5.74) is 8.05. The molecule has 0 bridgehead atoms. The van der Waals surface area contributed by atoms with E-state index in [2.05, 4.69) is 25.3 Å². The van der Waals surface area contributed by atoms with E-state index < -0.39 is 0 Å². The summed E-state index contributed by atoms with van der Waals surface area (Å²) in [5.74, 6) is 1.17. The standard InChI is InChI=1S/C20H19N9O/c1-2-13(24-17-15-16(23-11-22-15)25-20(21)26-17)18-27-28-10-6-9-14(28)19(30)29(18)12-7-4-3-5-8-12/h3-11,13H,2H2,1H3,(H4,21,22,23,24,25,26)/t13-/m0/s1. The van der Waals surface area contributed by atoms with Gasteiger partial charge in [-0.15, -0.1) is 0 Å². The summed E-state index contributed by atoms with van der Waals surface area (Å²) in [4.78, 5) is 29.0. The molecule has 0 spiro atoms. The third-order valence-electron chi connectivity index (χ3n) is 4.94. The second kappa shape index (κ2) is 6.99. The highest BCUT2D eigenvalue weighted by Crippen LogP contribution is 2.25. The Balaban J connectivity index is 1.70. The number of anilines is 2. The Kier molecular flexibility index (Phi) is 4.16. The van der Waals surface area contributed by atoms with Crippen molar-refractivity contribution < 1.29 is 0 Å². The summed E-state index contributed by atoms with van der Waals surface area (Å²) in [5, 5.41) is 8.12. The van der Waals surface area contributed by atoms with Gasteiger partial charge in [0.2, 0.25) is 5.95 Å². The fraction of sp³-hybridized carbons (Fsp3) is 0.150. The largest absolute Gasteiger partial charge is 0.368 e. The topological polar surface area (TPSA) is 132 Å². The van der Waals surface area contributed by atoms with Gasteiger partial charge in [-0.1, -0.05) is 25.1 Å². The molecule has 0 aliphatic heterocycles. The summed E-state index contributed by atoms with van der Waals surface area (Å²) >= 11 is 0. The molecule has 0 aliphatic rings. The first-order valence-corrected chi connectivity index (χ1v) is 9.54. The third-order valence-corrected chi connectivity index (χ3v) is 4.94. The van der Waals surface area contributed by atoms with Crippen molar-refractivity contribution in [3.8, 4) is 5.69 Å². The van der Waals surface area contributed by atoms with Crippen molar-refractivity contribution in [2.45, 2.75) is 19.4 Å². The highest BCUT2D eigenvalue weighted by atomic mass is 16.1. The number of rotatable bonds is 5. The monoisotopic (exact) mass is 401 g/mol. The van der Waals surface area contributed by atoms with Crippen LogP contribution in [-0.2, 0) is 0 Å². The van der Waals surface area contributed by atoms with Gasteiger partial charge in [0, 0.05) is 6.20 Å². The quantitative estimate of drug-likeness (QED) is 0.412. The molecule has 0 fully saturated rings. The number of benzene rings is 1. The van der Waals surface area contributed by atoms with E-state index >= 15 is 0 Å². The average molecular weight is 401 g/mol. The molecule has 4 N–H and O–H groups in total. The number of fused-ring (bicyclic) bond motifs is 2.